The van der Waals surface area contributed by atoms with Crippen LogP contribution in [0.25, 0.3) is 11.4 Å². The molecule has 0 saturated carbocycles. The van der Waals surface area contributed by atoms with Crippen LogP contribution in [-0.2, 0) is 17.6 Å². The Balaban J connectivity index is 1.35. The molecule has 1 saturated heterocycles. The first-order chi connectivity index (χ1) is 15.0. The van der Waals surface area contributed by atoms with Crippen molar-refractivity contribution in [3.05, 3.63) is 51.7 Å². The average Bonchev–Trinajstić information content (AvgIpc) is 2.99. The van der Waals surface area contributed by atoms with Crippen molar-refractivity contribution in [1.82, 2.24) is 25.1 Å². The fraction of sp³-hybridized carbons (Fsp3) is 0.522. The van der Waals surface area contributed by atoms with E-state index < -0.39 is 0 Å². The van der Waals surface area contributed by atoms with Gasteiger partial charge in [-0.15, -0.1) is 0 Å². The number of carbonyl (C=O) groups excluding carboxylic acids is 1. The molecule has 2 aliphatic rings. The Morgan fingerprint density at radius 2 is 1.87 bits per heavy atom. The van der Waals surface area contributed by atoms with Gasteiger partial charge >= 0.3 is 0 Å². The Bertz CT molecular complexity index is 967. The SMILES string of the molecule is CN1CCN(CCNC(=O)C2CCc3nc(-c4ccc(F)cc4)[nH]c(=O)c3CC2)CC1. The van der Waals surface area contributed by atoms with Crippen LogP contribution in [0.3, 0.4) is 0 Å². The molecule has 1 aromatic carbocycles. The third-order valence-corrected chi connectivity index (χ3v) is 6.39. The zero-order chi connectivity index (χ0) is 21.8. The second kappa shape index (κ2) is 9.70. The number of carbonyl (C=O) groups is 1. The van der Waals surface area contributed by atoms with E-state index >= 15 is 0 Å². The summed E-state index contributed by atoms with van der Waals surface area (Å²) in [6.07, 6.45) is 2.45. The number of rotatable bonds is 5. The molecule has 1 aliphatic carbocycles. The smallest absolute Gasteiger partial charge is 0.254 e. The fourth-order valence-electron chi connectivity index (χ4n) is 4.34. The molecule has 1 amide bonds. The number of fused-ring (bicyclic) bond motifs is 1. The number of amides is 1. The van der Waals surface area contributed by atoms with Gasteiger partial charge in [-0.05, 0) is 57.0 Å². The van der Waals surface area contributed by atoms with Crippen molar-refractivity contribution in [3.8, 4) is 11.4 Å². The highest BCUT2D eigenvalue weighted by molar-refractivity contribution is 5.78. The molecule has 31 heavy (non-hydrogen) atoms. The minimum absolute atomic E-state index is 0.0668. The van der Waals surface area contributed by atoms with Crippen LogP contribution in [0, 0.1) is 11.7 Å². The number of benzene rings is 1. The molecular weight excluding hydrogens is 397 g/mol. The molecule has 2 heterocycles. The average molecular weight is 428 g/mol. The third kappa shape index (κ3) is 5.37. The molecule has 1 atom stereocenters. The van der Waals surface area contributed by atoms with E-state index in [4.69, 9.17) is 0 Å². The van der Waals surface area contributed by atoms with Crippen LogP contribution in [0.1, 0.15) is 24.1 Å². The molecule has 1 unspecified atom stereocenters. The van der Waals surface area contributed by atoms with Crippen LogP contribution >= 0.6 is 0 Å². The number of hydrogen-bond acceptors (Lipinski definition) is 5. The lowest BCUT2D eigenvalue weighted by Crippen LogP contribution is -2.47. The van der Waals surface area contributed by atoms with Crippen LogP contribution in [0.4, 0.5) is 4.39 Å². The van der Waals surface area contributed by atoms with Gasteiger partial charge in [0.1, 0.15) is 11.6 Å². The van der Waals surface area contributed by atoms with Crippen molar-refractivity contribution in [2.45, 2.75) is 25.7 Å². The van der Waals surface area contributed by atoms with Crippen molar-refractivity contribution in [2.24, 2.45) is 5.92 Å². The Hall–Kier alpha value is -2.58. The van der Waals surface area contributed by atoms with E-state index in [1.165, 1.54) is 12.1 Å². The highest BCUT2D eigenvalue weighted by Gasteiger charge is 2.25. The standard InChI is InChI=1S/C23H30FN5O2/c1-28-12-14-29(15-13-28)11-10-25-22(30)17-4-8-19-20(9-5-17)26-21(27-23(19)31)16-2-6-18(24)7-3-16/h2-3,6-7,17H,4-5,8-15H2,1H3,(H,25,30)(H,26,27,31). The Labute approximate surface area is 181 Å². The van der Waals surface area contributed by atoms with Crippen LogP contribution in [0.2, 0.25) is 0 Å². The number of H-pyrrole nitrogens is 1. The first-order valence-electron chi connectivity index (χ1n) is 11.1. The molecule has 0 spiro atoms. The number of aromatic amines is 1. The monoisotopic (exact) mass is 427 g/mol. The lowest BCUT2D eigenvalue weighted by Gasteiger charge is -2.32. The normalized spacial score (nSPS) is 20.1. The predicted octanol–water partition coefficient (Wildman–Crippen LogP) is 1.43. The zero-order valence-electron chi connectivity index (χ0n) is 18.0. The van der Waals surface area contributed by atoms with Gasteiger partial charge in [0, 0.05) is 56.3 Å². The van der Waals surface area contributed by atoms with E-state index in [9.17, 15) is 14.0 Å². The van der Waals surface area contributed by atoms with Crippen molar-refractivity contribution in [1.29, 1.82) is 0 Å². The third-order valence-electron chi connectivity index (χ3n) is 6.39. The van der Waals surface area contributed by atoms with Crippen LogP contribution in [0.5, 0.6) is 0 Å². The van der Waals surface area contributed by atoms with E-state index in [2.05, 4.69) is 32.1 Å². The molecule has 166 valence electrons. The van der Waals surface area contributed by atoms with E-state index in [1.807, 2.05) is 0 Å². The maximum atomic E-state index is 13.2. The summed E-state index contributed by atoms with van der Waals surface area (Å²) in [5.74, 6) is 0.0636. The maximum Gasteiger partial charge on any atom is 0.254 e. The molecule has 8 heteroatoms. The highest BCUT2D eigenvalue weighted by atomic mass is 19.1. The van der Waals surface area contributed by atoms with Crippen LogP contribution in [-0.4, -0.2) is 72.0 Å². The molecule has 1 fully saturated rings. The quantitative estimate of drug-likeness (QED) is 0.706. The summed E-state index contributed by atoms with van der Waals surface area (Å²) in [5.41, 5.74) is 1.92. The molecule has 4 rings (SSSR count). The molecule has 0 bridgehead atoms. The lowest BCUT2D eigenvalue weighted by molar-refractivity contribution is -0.125. The van der Waals surface area contributed by atoms with Gasteiger partial charge in [0.25, 0.3) is 5.56 Å². The van der Waals surface area contributed by atoms with E-state index in [0.717, 1.165) is 38.4 Å². The Morgan fingerprint density at radius 1 is 1.16 bits per heavy atom. The van der Waals surface area contributed by atoms with Crippen LogP contribution < -0.4 is 10.9 Å². The minimum Gasteiger partial charge on any atom is -0.355 e. The van der Waals surface area contributed by atoms with Crippen molar-refractivity contribution in [3.63, 3.8) is 0 Å². The second-order valence-corrected chi connectivity index (χ2v) is 8.56. The summed E-state index contributed by atoms with van der Waals surface area (Å²) in [4.78, 5) is 37.5. The van der Waals surface area contributed by atoms with Crippen LogP contribution in [0.15, 0.2) is 29.1 Å². The largest absolute Gasteiger partial charge is 0.355 e. The summed E-state index contributed by atoms with van der Waals surface area (Å²) in [5, 5.41) is 3.09. The summed E-state index contributed by atoms with van der Waals surface area (Å²) in [6, 6.07) is 5.91. The first-order valence-corrected chi connectivity index (χ1v) is 11.1. The van der Waals surface area contributed by atoms with Gasteiger partial charge < -0.3 is 15.2 Å². The summed E-state index contributed by atoms with van der Waals surface area (Å²) < 4.78 is 13.2. The first kappa shape index (κ1) is 21.6. The van der Waals surface area contributed by atoms with Gasteiger partial charge in [-0.25, -0.2) is 9.37 Å². The molecule has 0 radical (unpaired) electrons. The minimum atomic E-state index is -0.331. The predicted molar refractivity (Wildman–Crippen MR) is 117 cm³/mol. The number of halogens is 1. The number of nitrogens with one attached hydrogen (secondary N) is 2. The van der Waals surface area contributed by atoms with Crippen molar-refractivity contribution in [2.75, 3.05) is 46.3 Å². The number of piperazine rings is 1. The van der Waals surface area contributed by atoms with Gasteiger partial charge in [0.05, 0.1) is 5.69 Å². The second-order valence-electron chi connectivity index (χ2n) is 8.56. The lowest BCUT2D eigenvalue weighted by atomic mass is 9.99. The Kier molecular flexibility index (Phi) is 6.77. The van der Waals surface area contributed by atoms with Gasteiger partial charge in [-0.1, -0.05) is 0 Å². The summed E-state index contributed by atoms with van der Waals surface area (Å²) in [6.45, 7) is 5.73. The maximum absolute atomic E-state index is 13.2. The van der Waals surface area contributed by atoms with Crippen molar-refractivity contribution >= 4 is 5.91 Å². The molecule has 2 N–H and O–H groups in total. The van der Waals surface area contributed by atoms with E-state index in [1.54, 1.807) is 12.1 Å². The van der Waals surface area contributed by atoms with Gasteiger partial charge in [-0.2, -0.15) is 0 Å². The number of likely N-dealkylation sites (N-methyl/N-ethyl adjacent to an activating group) is 1. The molecule has 1 aromatic heterocycles. The highest BCUT2D eigenvalue weighted by Crippen LogP contribution is 2.23. The topological polar surface area (TPSA) is 81.3 Å². The number of aryl methyl sites for hydroxylation is 1. The molecule has 2 aromatic rings. The van der Waals surface area contributed by atoms with Gasteiger partial charge in [0.2, 0.25) is 5.91 Å². The summed E-state index contributed by atoms with van der Waals surface area (Å²) >= 11 is 0. The summed E-state index contributed by atoms with van der Waals surface area (Å²) in [7, 11) is 2.13. The van der Waals surface area contributed by atoms with Gasteiger partial charge in [-0.3, -0.25) is 14.5 Å². The number of hydrogen-bond donors (Lipinski definition) is 2. The zero-order valence-corrected chi connectivity index (χ0v) is 18.0. The Morgan fingerprint density at radius 3 is 2.61 bits per heavy atom. The van der Waals surface area contributed by atoms with E-state index in [0.29, 0.717) is 49.2 Å². The molecule has 1 aliphatic heterocycles. The number of nitrogens with zero attached hydrogens (tertiary/aromatic N) is 3. The van der Waals surface area contributed by atoms with Gasteiger partial charge in [0.15, 0.2) is 0 Å². The van der Waals surface area contributed by atoms with E-state index in [-0.39, 0.29) is 23.2 Å². The molecular formula is C23H30FN5O2. The van der Waals surface area contributed by atoms with Crippen molar-refractivity contribution < 1.29 is 9.18 Å². The molecule has 7 nitrogen and oxygen atoms in total. The number of aromatic nitrogens is 2. The fourth-order valence-corrected chi connectivity index (χ4v) is 4.34.